The molecule has 1 saturated carbocycles. The van der Waals surface area contributed by atoms with Crippen molar-refractivity contribution >= 4 is 5.69 Å². The molecule has 0 radical (unpaired) electrons. The van der Waals surface area contributed by atoms with Crippen LogP contribution in [0.15, 0.2) is 18.2 Å². The quantitative estimate of drug-likeness (QED) is 0.759. The van der Waals surface area contributed by atoms with E-state index in [9.17, 15) is 4.39 Å². The van der Waals surface area contributed by atoms with Gasteiger partial charge in [-0.2, -0.15) is 0 Å². The van der Waals surface area contributed by atoms with Gasteiger partial charge >= 0.3 is 0 Å². The Hall–Kier alpha value is -1.25. The molecule has 1 aromatic carbocycles. The highest BCUT2D eigenvalue weighted by Gasteiger charge is 2.16. The molecule has 1 aliphatic rings. The number of nitrogen functional groups attached to an aromatic ring is 1. The first-order chi connectivity index (χ1) is 7.25. The second-order valence-electron chi connectivity index (χ2n) is 4.06. The van der Waals surface area contributed by atoms with Crippen LogP contribution >= 0.6 is 0 Å². The molecule has 2 rings (SSSR count). The van der Waals surface area contributed by atoms with Gasteiger partial charge in [-0.05, 0) is 37.8 Å². The maximum atomic E-state index is 13.0. The molecule has 0 aliphatic heterocycles. The van der Waals surface area contributed by atoms with Crippen molar-refractivity contribution in [3.8, 4) is 5.75 Å². The molecule has 1 aromatic rings. The van der Waals surface area contributed by atoms with Crippen LogP contribution in [0.25, 0.3) is 0 Å². The molecule has 1 fully saturated rings. The number of ether oxygens (including phenoxy) is 1. The SMILES string of the molecule is Nc1ccc(F)cc1OC1CCCCC1. The summed E-state index contributed by atoms with van der Waals surface area (Å²) in [6.07, 6.45) is 5.98. The largest absolute Gasteiger partial charge is 0.488 e. The number of nitrogens with two attached hydrogens (primary N) is 1. The fourth-order valence-corrected chi connectivity index (χ4v) is 1.97. The van der Waals surface area contributed by atoms with Gasteiger partial charge in [0.2, 0.25) is 0 Å². The van der Waals surface area contributed by atoms with E-state index < -0.39 is 0 Å². The minimum absolute atomic E-state index is 0.211. The molecule has 2 N–H and O–H groups in total. The lowest BCUT2D eigenvalue weighted by atomic mass is 9.98. The van der Waals surface area contributed by atoms with E-state index in [2.05, 4.69) is 0 Å². The zero-order chi connectivity index (χ0) is 10.7. The van der Waals surface area contributed by atoms with E-state index >= 15 is 0 Å². The number of hydrogen-bond donors (Lipinski definition) is 1. The van der Waals surface area contributed by atoms with Crippen LogP contribution in [0.3, 0.4) is 0 Å². The molecule has 0 unspecified atom stereocenters. The van der Waals surface area contributed by atoms with Crippen LogP contribution in [0.4, 0.5) is 10.1 Å². The van der Waals surface area contributed by atoms with Crippen LogP contribution in [0, 0.1) is 5.82 Å². The fourth-order valence-electron chi connectivity index (χ4n) is 1.97. The van der Waals surface area contributed by atoms with Gasteiger partial charge in [-0.15, -0.1) is 0 Å². The monoisotopic (exact) mass is 209 g/mol. The summed E-state index contributed by atoms with van der Waals surface area (Å²) in [6.45, 7) is 0. The molecular formula is C12H16FNO. The Bertz CT molecular complexity index is 334. The van der Waals surface area contributed by atoms with E-state index in [0.29, 0.717) is 11.4 Å². The van der Waals surface area contributed by atoms with Crippen molar-refractivity contribution in [1.29, 1.82) is 0 Å². The highest BCUT2D eigenvalue weighted by molar-refractivity contribution is 5.52. The fraction of sp³-hybridized carbons (Fsp3) is 0.500. The standard InChI is InChI=1S/C12H16FNO/c13-9-6-7-11(14)12(8-9)15-10-4-2-1-3-5-10/h6-8,10H,1-5,14H2. The van der Waals surface area contributed by atoms with Crippen LogP contribution in [-0.2, 0) is 0 Å². The van der Waals surface area contributed by atoms with Gasteiger partial charge in [-0.3, -0.25) is 0 Å². The van der Waals surface area contributed by atoms with Gasteiger partial charge < -0.3 is 10.5 Å². The Morgan fingerprint density at radius 1 is 1.20 bits per heavy atom. The molecule has 1 aliphatic carbocycles. The number of rotatable bonds is 2. The second kappa shape index (κ2) is 4.51. The summed E-state index contributed by atoms with van der Waals surface area (Å²) in [5.74, 6) is 0.192. The summed E-state index contributed by atoms with van der Waals surface area (Å²) < 4.78 is 18.7. The molecule has 0 heterocycles. The van der Waals surface area contributed by atoms with Crippen molar-refractivity contribution in [2.45, 2.75) is 38.2 Å². The van der Waals surface area contributed by atoms with E-state index in [0.717, 1.165) is 12.8 Å². The zero-order valence-electron chi connectivity index (χ0n) is 8.71. The van der Waals surface area contributed by atoms with Gasteiger partial charge in [-0.25, -0.2) is 4.39 Å². The summed E-state index contributed by atoms with van der Waals surface area (Å²) in [5.41, 5.74) is 6.23. The number of anilines is 1. The summed E-state index contributed by atoms with van der Waals surface area (Å²) in [7, 11) is 0. The van der Waals surface area contributed by atoms with E-state index in [4.69, 9.17) is 10.5 Å². The topological polar surface area (TPSA) is 35.2 Å². The molecule has 0 spiro atoms. The molecule has 0 atom stereocenters. The Labute approximate surface area is 89.2 Å². The van der Waals surface area contributed by atoms with Gasteiger partial charge in [0.25, 0.3) is 0 Å². The first-order valence-electron chi connectivity index (χ1n) is 5.47. The first kappa shape index (κ1) is 10.3. The van der Waals surface area contributed by atoms with Crippen molar-refractivity contribution in [1.82, 2.24) is 0 Å². The van der Waals surface area contributed by atoms with Gasteiger partial charge in [0.05, 0.1) is 11.8 Å². The normalized spacial score (nSPS) is 17.7. The van der Waals surface area contributed by atoms with Crippen LogP contribution < -0.4 is 10.5 Å². The number of hydrogen-bond acceptors (Lipinski definition) is 2. The smallest absolute Gasteiger partial charge is 0.145 e. The van der Waals surface area contributed by atoms with Crippen molar-refractivity contribution in [2.24, 2.45) is 0 Å². The molecular weight excluding hydrogens is 193 g/mol. The molecule has 2 nitrogen and oxygen atoms in total. The van der Waals surface area contributed by atoms with Crippen LogP contribution in [0.1, 0.15) is 32.1 Å². The third kappa shape index (κ3) is 2.61. The van der Waals surface area contributed by atoms with Gasteiger partial charge in [0, 0.05) is 6.07 Å². The average molecular weight is 209 g/mol. The van der Waals surface area contributed by atoms with E-state index in [1.54, 1.807) is 6.07 Å². The van der Waals surface area contributed by atoms with Crippen molar-refractivity contribution in [3.63, 3.8) is 0 Å². The summed E-state index contributed by atoms with van der Waals surface area (Å²) in [5, 5.41) is 0. The number of halogens is 1. The predicted octanol–water partition coefficient (Wildman–Crippen LogP) is 3.12. The summed E-state index contributed by atoms with van der Waals surface area (Å²) in [6, 6.07) is 4.26. The first-order valence-corrected chi connectivity index (χ1v) is 5.47. The van der Waals surface area contributed by atoms with Crippen molar-refractivity contribution in [3.05, 3.63) is 24.0 Å². The molecule has 0 saturated heterocycles. The van der Waals surface area contributed by atoms with E-state index in [1.807, 2.05) is 0 Å². The van der Waals surface area contributed by atoms with Gasteiger partial charge in [-0.1, -0.05) is 6.42 Å². The molecule has 82 valence electrons. The van der Waals surface area contributed by atoms with Crippen LogP contribution in [0.2, 0.25) is 0 Å². The highest BCUT2D eigenvalue weighted by atomic mass is 19.1. The van der Waals surface area contributed by atoms with Crippen molar-refractivity contribution < 1.29 is 9.13 Å². The third-order valence-electron chi connectivity index (χ3n) is 2.82. The molecule has 0 bridgehead atoms. The average Bonchev–Trinajstić information content (AvgIpc) is 2.25. The Balaban J connectivity index is 2.05. The Morgan fingerprint density at radius 2 is 1.93 bits per heavy atom. The Morgan fingerprint density at radius 3 is 2.67 bits per heavy atom. The third-order valence-corrected chi connectivity index (χ3v) is 2.82. The van der Waals surface area contributed by atoms with Gasteiger partial charge in [0.15, 0.2) is 0 Å². The Kier molecular flexibility index (Phi) is 3.09. The lowest BCUT2D eigenvalue weighted by molar-refractivity contribution is 0.155. The predicted molar refractivity (Wildman–Crippen MR) is 58.3 cm³/mol. The maximum absolute atomic E-state index is 13.0. The van der Waals surface area contributed by atoms with Crippen LogP contribution in [0.5, 0.6) is 5.75 Å². The zero-order valence-corrected chi connectivity index (χ0v) is 8.71. The second-order valence-corrected chi connectivity index (χ2v) is 4.06. The molecule has 0 amide bonds. The van der Waals surface area contributed by atoms with E-state index in [1.165, 1.54) is 31.4 Å². The lowest BCUT2D eigenvalue weighted by Crippen LogP contribution is -2.20. The summed E-state index contributed by atoms with van der Waals surface area (Å²) >= 11 is 0. The number of benzene rings is 1. The lowest BCUT2D eigenvalue weighted by Gasteiger charge is -2.23. The van der Waals surface area contributed by atoms with Crippen molar-refractivity contribution in [2.75, 3.05) is 5.73 Å². The highest BCUT2D eigenvalue weighted by Crippen LogP contribution is 2.27. The molecule has 0 aromatic heterocycles. The van der Waals surface area contributed by atoms with E-state index in [-0.39, 0.29) is 11.9 Å². The van der Waals surface area contributed by atoms with Crippen LogP contribution in [-0.4, -0.2) is 6.10 Å². The minimum atomic E-state index is -0.296. The summed E-state index contributed by atoms with van der Waals surface area (Å²) in [4.78, 5) is 0. The minimum Gasteiger partial charge on any atom is -0.488 e. The molecule has 15 heavy (non-hydrogen) atoms. The maximum Gasteiger partial charge on any atom is 0.145 e. The van der Waals surface area contributed by atoms with Gasteiger partial charge in [0.1, 0.15) is 11.6 Å². The molecule has 3 heteroatoms.